The summed E-state index contributed by atoms with van der Waals surface area (Å²) in [6, 6.07) is 27.8. The zero-order valence-corrected chi connectivity index (χ0v) is 20.5. The molecule has 5 rings (SSSR count). The Hall–Kier alpha value is -4.03. The molecule has 6 nitrogen and oxygen atoms in total. The average molecular weight is 479 g/mol. The number of hydrogen-bond donors (Lipinski definition) is 1. The monoisotopic (exact) mass is 478 g/mol. The highest BCUT2D eigenvalue weighted by molar-refractivity contribution is 6.07. The summed E-state index contributed by atoms with van der Waals surface area (Å²) in [6.45, 7) is 5.82. The molecule has 3 aromatic carbocycles. The third-order valence-corrected chi connectivity index (χ3v) is 6.64. The highest BCUT2D eigenvalue weighted by Gasteiger charge is 2.24. The summed E-state index contributed by atoms with van der Waals surface area (Å²) in [5.41, 5.74) is 5.16. The van der Waals surface area contributed by atoms with E-state index in [2.05, 4.69) is 34.5 Å². The predicted molar refractivity (Wildman–Crippen MR) is 144 cm³/mol. The lowest BCUT2D eigenvalue weighted by atomic mass is 10.0. The van der Waals surface area contributed by atoms with E-state index in [0.717, 1.165) is 47.5 Å². The molecule has 1 fully saturated rings. The zero-order chi connectivity index (χ0) is 24.9. The van der Waals surface area contributed by atoms with Gasteiger partial charge in [-0.05, 0) is 29.8 Å². The van der Waals surface area contributed by atoms with Crippen molar-refractivity contribution in [1.82, 2.24) is 14.8 Å². The smallest absolute Gasteiger partial charge is 0.254 e. The van der Waals surface area contributed by atoms with Crippen molar-refractivity contribution in [3.63, 3.8) is 0 Å². The summed E-state index contributed by atoms with van der Waals surface area (Å²) in [4.78, 5) is 34.6. The SMILES string of the molecule is CCC(=O)Nc1ccc(-c2cc(C(=O)N3CCN(Cc4ccccc4)CC3)c3ccccc3n2)cc1. The first kappa shape index (κ1) is 23.7. The lowest BCUT2D eigenvalue weighted by Gasteiger charge is -2.35. The molecule has 0 radical (unpaired) electrons. The van der Waals surface area contributed by atoms with Crippen molar-refractivity contribution in [3.05, 3.63) is 96.1 Å². The number of nitrogens with zero attached hydrogens (tertiary/aromatic N) is 3. The van der Waals surface area contributed by atoms with Crippen LogP contribution in [0.15, 0.2) is 84.9 Å². The molecule has 1 aliphatic heterocycles. The fourth-order valence-corrected chi connectivity index (χ4v) is 4.59. The average Bonchev–Trinajstić information content (AvgIpc) is 2.93. The van der Waals surface area contributed by atoms with Crippen molar-refractivity contribution < 1.29 is 9.59 Å². The van der Waals surface area contributed by atoms with E-state index in [4.69, 9.17) is 4.98 Å². The van der Waals surface area contributed by atoms with E-state index < -0.39 is 0 Å². The molecule has 0 saturated carbocycles. The third-order valence-electron chi connectivity index (χ3n) is 6.64. The van der Waals surface area contributed by atoms with Crippen LogP contribution in [0.2, 0.25) is 0 Å². The second-order valence-electron chi connectivity index (χ2n) is 9.11. The van der Waals surface area contributed by atoms with Gasteiger partial charge >= 0.3 is 0 Å². The lowest BCUT2D eigenvalue weighted by molar-refractivity contribution is -0.115. The molecule has 182 valence electrons. The minimum absolute atomic E-state index is 0.0247. The Kier molecular flexibility index (Phi) is 7.05. The summed E-state index contributed by atoms with van der Waals surface area (Å²) in [5, 5.41) is 3.73. The van der Waals surface area contributed by atoms with Gasteiger partial charge in [-0.1, -0.05) is 67.6 Å². The van der Waals surface area contributed by atoms with Gasteiger partial charge in [-0.25, -0.2) is 4.98 Å². The fraction of sp³-hybridized carbons (Fsp3) is 0.233. The number of carbonyl (C=O) groups is 2. The molecule has 1 saturated heterocycles. The van der Waals surface area contributed by atoms with Crippen LogP contribution in [-0.4, -0.2) is 52.8 Å². The van der Waals surface area contributed by atoms with Gasteiger partial charge in [0.05, 0.1) is 16.8 Å². The van der Waals surface area contributed by atoms with Crippen molar-refractivity contribution >= 4 is 28.4 Å². The molecule has 0 unspecified atom stereocenters. The standard InChI is InChI=1S/C30H30N4O2/c1-2-29(35)31-24-14-12-23(13-15-24)28-20-26(25-10-6-7-11-27(25)32-28)30(36)34-18-16-33(17-19-34)21-22-8-4-3-5-9-22/h3-15,20H,2,16-19,21H2,1H3,(H,31,35). The van der Waals surface area contributed by atoms with E-state index in [-0.39, 0.29) is 11.8 Å². The fourth-order valence-electron chi connectivity index (χ4n) is 4.59. The molecule has 2 amide bonds. The number of nitrogens with one attached hydrogen (secondary N) is 1. The second kappa shape index (κ2) is 10.7. The van der Waals surface area contributed by atoms with Crippen LogP contribution in [0.5, 0.6) is 0 Å². The molecule has 1 N–H and O–H groups in total. The first-order valence-electron chi connectivity index (χ1n) is 12.5. The number of anilines is 1. The van der Waals surface area contributed by atoms with E-state index in [0.29, 0.717) is 25.1 Å². The van der Waals surface area contributed by atoms with Crippen LogP contribution < -0.4 is 5.32 Å². The van der Waals surface area contributed by atoms with Gasteiger partial charge in [0.1, 0.15) is 0 Å². The molecule has 0 bridgehead atoms. The van der Waals surface area contributed by atoms with Gasteiger partial charge in [0.25, 0.3) is 5.91 Å². The number of benzene rings is 3. The first-order chi connectivity index (χ1) is 17.6. The number of carbonyl (C=O) groups excluding carboxylic acids is 2. The molecule has 6 heteroatoms. The minimum atomic E-state index is -0.0247. The van der Waals surface area contributed by atoms with Gasteiger partial charge in [0.15, 0.2) is 0 Å². The van der Waals surface area contributed by atoms with E-state index >= 15 is 0 Å². The maximum atomic E-state index is 13.7. The van der Waals surface area contributed by atoms with Crippen LogP contribution in [0.1, 0.15) is 29.3 Å². The van der Waals surface area contributed by atoms with Crippen LogP contribution in [0.25, 0.3) is 22.2 Å². The van der Waals surface area contributed by atoms with Crippen molar-refractivity contribution in [2.75, 3.05) is 31.5 Å². The number of aromatic nitrogens is 1. The summed E-state index contributed by atoms with van der Waals surface area (Å²) >= 11 is 0. The van der Waals surface area contributed by atoms with Crippen LogP contribution in [0, 0.1) is 0 Å². The van der Waals surface area contributed by atoms with Gasteiger partial charge in [-0.15, -0.1) is 0 Å². The molecular formula is C30H30N4O2. The number of hydrogen-bond acceptors (Lipinski definition) is 4. The van der Waals surface area contributed by atoms with Gasteiger partial charge in [-0.2, -0.15) is 0 Å². The molecule has 2 heterocycles. The molecule has 0 atom stereocenters. The molecule has 0 spiro atoms. The number of pyridine rings is 1. The number of para-hydroxylation sites is 1. The Morgan fingerprint density at radius 1 is 0.861 bits per heavy atom. The molecule has 0 aliphatic carbocycles. The third kappa shape index (κ3) is 5.29. The van der Waals surface area contributed by atoms with E-state index in [1.165, 1.54) is 5.56 Å². The molecule has 4 aromatic rings. The van der Waals surface area contributed by atoms with Crippen molar-refractivity contribution in [3.8, 4) is 11.3 Å². The van der Waals surface area contributed by atoms with E-state index in [9.17, 15) is 9.59 Å². The summed E-state index contributed by atoms with van der Waals surface area (Å²) in [5.74, 6) is 0.0179. The molecule has 36 heavy (non-hydrogen) atoms. The number of amides is 2. The Balaban J connectivity index is 1.36. The normalized spacial score (nSPS) is 14.1. The van der Waals surface area contributed by atoms with Gasteiger partial charge in [-0.3, -0.25) is 14.5 Å². The van der Waals surface area contributed by atoms with Crippen molar-refractivity contribution in [2.45, 2.75) is 19.9 Å². The minimum Gasteiger partial charge on any atom is -0.336 e. The maximum absolute atomic E-state index is 13.7. The topological polar surface area (TPSA) is 65.5 Å². The van der Waals surface area contributed by atoms with Crippen LogP contribution in [0.3, 0.4) is 0 Å². The molecule has 1 aromatic heterocycles. The van der Waals surface area contributed by atoms with Crippen molar-refractivity contribution in [2.24, 2.45) is 0 Å². The first-order valence-corrected chi connectivity index (χ1v) is 12.5. The predicted octanol–water partition coefficient (Wildman–Crippen LogP) is 5.21. The Bertz CT molecular complexity index is 1360. The number of rotatable bonds is 6. The molecular weight excluding hydrogens is 448 g/mol. The van der Waals surface area contributed by atoms with Crippen LogP contribution in [-0.2, 0) is 11.3 Å². The summed E-state index contributed by atoms with van der Waals surface area (Å²) in [7, 11) is 0. The maximum Gasteiger partial charge on any atom is 0.254 e. The van der Waals surface area contributed by atoms with Gasteiger partial charge in [0, 0.05) is 55.8 Å². The zero-order valence-electron chi connectivity index (χ0n) is 20.5. The van der Waals surface area contributed by atoms with Gasteiger partial charge in [0.2, 0.25) is 5.91 Å². The Labute approximate surface area is 211 Å². The number of piperazine rings is 1. The highest BCUT2D eigenvalue weighted by Crippen LogP contribution is 2.27. The summed E-state index contributed by atoms with van der Waals surface area (Å²) in [6.07, 6.45) is 0.431. The highest BCUT2D eigenvalue weighted by atomic mass is 16.2. The second-order valence-corrected chi connectivity index (χ2v) is 9.11. The lowest BCUT2D eigenvalue weighted by Crippen LogP contribution is -2.48. The van der Waals surface area contributed by atoms with Gasteiger partial charge < -0.3 is 10.2 Å². The van der Waals surface area contributed by atoms with Crippen LogP contribution >= 0.6 is 0 Å². The van der Waals surface area contributed by atoms with Crippen LogP contribution in [0.4, 0.5) is 5.69 Å². The number of fused-ring (bicyclic) bond motifs is 1. The Morgan fingerprint density at radius 2 is 1.56 bits per heavy atom. The largest absolute Gasteiger partial charge is 0.336 e. The van der Waals surface area contributed by atoms with E-state index in [1.54, 1.807) is 0 Å². The van der Waals surface area contributed by atoms with E-state index in [1.807, 2.05) is 72.5 Å². The summed E-state index contributed by atoms with van der Waals surface area (Å²) < 4.78 is 0. The quantitative estimate of drug-likeness (QED) is 0.413. The van der Waals surface area contributed by atoms with Crippen molar-refractivity contribution in [1.29, 1.82) is 0 Å². The Morgan fingerprint density at radius 3 is 2.28 bits per heavy atom. The molecule has 1 aliphatic rings.